The average molecular weight is 341 g/mol. The number of esters is 1. The van der Waals surface area contributed by atoms with E-state index in [4.69, 9.17) is 14.6 Å². The Labute approximate surface area is 145 Å². The molecule has 0 aliphatic carbocycles. The van der Waals surface area contributed by atoms with Gasteiger partial charge in [-0.2, -0.15) is 0 Å². The van der Waals surface area contributed by atoms with Crippen molar-refractivity contribution in [2.45, 2.75) is 60.3 Å². The molecule has 0 heterocycles. The van der Waals surface area contributed by atoms with E-state index in [0.717, 1.165) is 24.6 Å². The predicted octanol–water partition coefficient (Wildman–Crippen LogP) is 3.17. The molecule has 1 aromatic carbocycles. The van der Waals surface area contributed by atoms with E-state index in [2.05, 4.69) is 5.32 Å². The van der Waals surface area contributed by atoms with E-state index < -0.39 is 6.10 Å². The number of hydrogen-bond donors (Lipinski definition) is 2. The quantitative estimate of drug-likeness (QED) is 0.585. The van der Waals surface area contributed by atoms with Gasteiger partial charge in [0, 0.05) is 20.1 Å². The molecule has 0 aliphatic heterocycles. The smallest absolute Gasteiger partial charge is 0.302 e. The molecule has 0 aliphatic rings. The molecule has 0 radical (unpaired) electrons. The van der Waals surface area contributed by atoms with Gasteiger partial charge in [0.25, 0.3) is 0 Å². The van der Waals surface area contributed by atoms with Gasteiger partial charge >= 0.3 is 5.97 Å². The number of aliphatic hydroxyl groups is 1. The van der Waals surface area contributed by atoms with Gasteiger partial charge in [0.1, 0.15) is 12.4 Å². The molecule has 1 rings (SSSR count). The Morgan fingerprint density at radius 2 is 1.83 bits per heavy atom. The molecule has 6 nitrogen and oxygen atoms in total. The number of nitrogens with one attached hydrogen (secondary N) is 1. The van der Waals surface area contributed by atoms with Crippen molar-refractivity contribution in [1.82, 2.24) is 0 Å². The molecule has 1 unspecified atom stereocenters. The molecular weight excluding hydrogens is 310 g/mol. The normalized spacial score (nSPS) is 10.4. The third-order valence-corrected chi connectivity index (χ3v) is 2.44. The average Bonchev–Trinajstić information content (AvgIpc) is 2.58. The van der Waals surface area contributed by atoms with Crippen molar-refractivity contribution in [3.63, 3.8) is 0 Å². The number of ether oxygens (including phenoxy) is 2. The number of anilines is 1. The number of benzene rings is 1. The van der Waals surface area contributed by atoms with Crippen molar-refractivity contribution in [2.24, 2.45) is 0 Å². The molecule has 2 N–H and O–H groups in total. The third kappa shape index (κ3) is 10.6. The molecule has 0 amide bonds. The van der Waals surface area contributed by atoms with Crippen molar-refractivity contribution in [3.8, 4) is 5.75 Å². The number of carbonyl (C=O) groups is 2. The van der Waals surface area contributed by atoms with Crippen molar-refractivity contribution < 1.29 is 24.2 Å². The van der Waals surface area contributed by atoms with Gasteiger partial charge in [-0.05, 0) is 38.5 Å². The summed E-state index contributed by atoms with van der Waals surface area (Å²) in [7, 11) is 1.00. The zero-order valence-corrected chi connectivity index (χ0v) is 15.8. The van der Waals surface area contributed by atoms with E-state index in [-0.39, 0.29) is 18.6 Å². The first-order valence-electron chi connectivity index (χ1n) is 8.02. The first-order valence-corrected chi connectivity index (χ1v) is 8.02. The fraction of sp³-hybridized carbons (Fsp3) is 0.556. The molecule has 6 heteroatoms. The van der Waals surface area contributed by atoms with Crippen LogP contribution < -0.4 is 10.1 Å². The summed E-state index contributed by atoms with van der Waals surface area (Å²) in [6.07, 6.45) is 0.199. The maximum atomic E-state index is 10.8. The van der Waals surface area contributed by atoms with Gasteiger partial charge in [-0.1, -0.05) is 19.9 Å². The standard InChI is InChI=1S/C15H21NO4.C2H6.CH4O/c1-10(2)16-14-6-5-13(9-19-12(4)18)7-15(14)20-11(3)8-17;2*1-2/h5-8,10-11,16H,9H2,1-4H3;1-2H3;2H,1H3. The van der Waals surface area contributed by atoms with Crippen LogP contribution in [0.3, 0.4) is 0 Å². The van der Waals surface area contributed by atoms with Gasteiger partial charge in [0.15, 0.2) is 12.4 Å². The molecule has 0 spiro atoms. The van der Waals surface area contributed by atoms with Crippen molar-refractivity contribution in [3.05, 3.63) is 23.8 Å². The predicted molar refractivity (Wildman–Crippen MR) is 96.3 cm³/mol. The second-order valence-corrected chi connectivity index (χ2v) is 4.87. The lowest BCUT2D eigenvalue weighted by Crippen LogP contribution is -2.16. The van der Waals surface area contributed by atoms with E-state index in [9.17, 15) is 9.59 Å². The molecule has 1 atom stereocenters. The van der Waals surface area contributed by atoms with Gasteiger partial charge in [0.05, 0.1) is 5.69 Å². The van der Waals surface area contributed by atoms with Gasteiger partial charge in [-0.15, -0.1) is 0 Å². The Kier molecular flexibility index (Phi) is 14.6. The number of carbonyl (C=O) groups excluding carboxylic acids is 2. The minimum absolute atomic E-state index is 0.184. The Hall–Kier alpha value is -2.08. The number of hydrogen-bond acceptors (Lipinski definition) is 6. The van der Waals surface area contributed by atoms with E-state index in [1.54, 1.807) is 13.0 Å². The molecule has 138 valence electrons. The van der Waals surface area contributed by atoms with Crippen molar-refractivity contribution in [1.29, 1.82) is 0 Å². The highest BCUT2D eigenvalue weighted by Gasteiger charge is 2.10. The lowest BCUT2D eigenvalue weighted by atomic mass is 10.2. The van der Waals surface area contributed by atoms with Crippen molar-refractivity contribution >= 4 is 17.9 Å². The van der Waals surface area contributed by atoms with Gasteiger partial charge in [0.2, 0.25) is 0 Å². The highest BCUT2D eigenvalue weighted by Crippen LogP contribution is 2.27. The van der Waals surface area contributed by atoms with Gasteiger partial charge < -0.3 is 19.9 Å². The fourth-order valence-electron chi connectivity index (χ4n) is 1.60. The molecule has 0 aromatic heterocycles. The van der Waals surface area contributed by atoms with Crippen LogP contribution in [-0.4, -0.2) is 36.6 Å². The molecule has 0 bridgehead atoms. The molecule has 0 fully saturated rings. The van der Waals surface area contributed by atoms with Crippen LogP contribution in [-0.2, 0) is 20.9 Å². The number of aldehydes is 1. The van der Waals surface area contributed by atoms with E-state index >= 15 is 0 Å². The molecule has 0 saturated heterocycles. The summed E-state index contributed by atoms with van der Waals surface area (Å²) in [4.78, 5) is 21.6. The summed E-state index contributed by atoms with van der Waals surface area (Å²) >= 11 is 0. The van der Waals surface area contributed by atoms with Crippen LogP contribution in [0.4, 0.5) is 5.69 Å². The van der Waals surface area contributed by atoms with E-state index in [1.807, 2.05) is 39.8 Å². The van der Waals surface area contributed by atoms with Crippen molar-refractivity contribution in [2.75, 3.05) is 12.4 Å². The Balaban J connectivity index is 0. The van der Waals surface area contributed by atoms with E-state index in [0.29, 0.717) is 5.75 Å². The van der Waals surface area contributed by atoms with Crippen LogP contribution in [0.25, 0.3) is 0 Å². The van der Waals surface area contributed by atoms with Crippen LogP contribution in [0.5, 0.6) is 5.75 Å². The van der Waals surface area contributed by atoms with Crippen LogP contribution in [0.15, 0.2) is 18.2 Å². The summed E-state index contributed by atoms with van der Waals surface area (Å²) in [5, 5.41) is 10.2. The Morgan fingerprint density at radius 1 is 1.25 bits per heavy atom. The summed E-state index contributed by atoms with van der Waals surface area (Å²) in [5.41, 5.74) is 1.61. The monoisotopic (exact) mass is 341 g/mol. The highest BCUT2D eigenvalue weighted by atomic mass is 16.5. The molecule has 0 saturated carbocycles. The Morgan fingerprint density at radius 3 is 2.29 bits per heavy atom. The number of rotatable bonds is 7. The van der Waals surface area contributed by atoms with Crippen LogP contribution in [0, 0.1) is 0 Å². The SMILES string of the molecule is CC.CC(=O)OCc1ccc(NC(C)C)c(OC(C)C=O)c1.CO. The fourth-order valence-corrected chi connectivity index (χ4v) is 1.60. The summed E-state index contributed by atoms with van der Waals surface area (Å²) in [5.74, 6) is 0.237. The second kappa shape index (κ2) is 14.5. The van der Waals surface area contributed by atoms with E-state index in [1.165, 1.54) is 6.92 Å². The molecular formula is C18H31NO5. The highest BCUT2D eigenvalue weighted by molar-refractivity contribution is 5.66. The third-order valence-electron chi connectivity index (χ3n) is 2.44. The van der Waals surface area contributed by atoms with Crippen LogP contribution in [0.1, 0.15) is 47.1 Å². The topological polar surface area (TPSA) is 84.9 Å². The zero-order chi connectivity index (χ0) is 19.1. The first kappa shape index (κ1) is 24.2. The van der Waals surface area contributed by atoms with Gasteiger partial charge in [-0.3, -0.25) is 9.59 Å². The minimum Gasteiger partial charge on any atom is -0.481 e. The largest absolute Gasteiger partial charge is 0.481 e. The minimum atomic E-state index is -0.535. The maximum Gasteiger partial charge on any atom is 0.302 e. The maximum absolute atomic E-state index is 10.8. The second-order valence-electron chi connectivity index (χ2n) is 4.87. The molecule has 24 heavy (non-hydrogen) atoms. The lowest BCUT2D eigenvalue weighted by Gasteiger charge is -2.18. The van der Waals surface area contributed by atoms with Crippen LogP contribution >= 0.6 is 0 Å². The van der Waals surface area contributed by atoms with Crippen LogP contribution in [0.2, 0.25) is 0 Å². The Bertz CT molecular complexity index is 474. The summed E-state index contributed by atoms with van der Waals surface area (Å²) in [6.45, 7) is 11.2. The summed E-state index contributed by atoms with van der Waals surface area (Å²) < 4.78 is 10.5. The summed E-state index contributed by atoms with van der Waals surface area (Å²) in [6, 6.07) is 5.72. The van der Waals surface area contributed by atoms with Gasteiger partial charge in [-0.25, -0.2) is 0 Å². The lowest BCUT2D eigenvalue weighted by molar-refractivity contribution is -0.142. The zero-order valence-electron chi connectivity index (χ0n) is 15.8. The number of aliphatic hydroxyl groups excluding tert-OH is 1. The first-order chi connectivity index (χ1) is 11.4. The molecule has 1 aromatic rings.